The fourth-order valence-corrected chi connectivity index (χ4v) is 2.57. The van der Waals surface area contributed by atoms with E-state index >= 15 is 0 Å². The van der Waals surface area contributed by atoms with Gasteiger partial charge in [0, 0.05) is 22.8 Å². The fraction of sp³-hybridized carbons (Fsp3) is 0.167. The van der Waals surface area contributed by atoms with Crippen LogP contribution >= 0.6 is 0 Å². The number of para-hydroxylation sites is 1. The molecule has 0 spiro atoms. The van der Waals surface area contributed by atoms with Crippen molar-refractivity contribution in [3.8, 4) is 0 Å². The second-order valence-electron chi connectivity index (χ2n) is 6.04. The van der Waals surface area contributed by atoms with E-state index in [9.17, 15) is 9.59 Å². The molecular weight excluding hydrogens is 318 g/mol. The molecule has 0 atom stereocenters. The number of hydrogen-bond acceptors (Lipinski definition) is 3. The smallest absolute Gasteiger partial charge is 0.319 e. The molecule has 4 rings (SSSR count). The number of aromatic nitrogens is 2. The molecule has 1 aliphatic carbocycles. The van der Waals surface area contributed by atoms with Crippen LogP contribution in [0.2, 0.25) is 0 Å². The quantitative estimate of drug-likeness (QED) is 0.589. The van der Waals surface area contributed by atoms with Crippen LogP contribution in [0, 0.1) is 0 Å². The van der Waals surface area contributed by atoms with Gasteiger partial charge in [0.05, 0.1) is 17.3 Å². The van der Waals surface area contributed by atoms with E-state index in [2.05, 4.69) is 26.1 Å². The van der Waals surface area contributed by atoms with Crippen molar-refractivity contribution in [2.24, 2.45) is 0 Å². The van der Waals surface area contributed by atoms with Gasteiger partial charge in [0.25, 0.3) is 5.91 Å². The third-order valence-corrected chi connectivity index (χ3v) is 4.03. The maximum atomic E-state index is 12.5. The van der Waals surface area contributed by atoms with Crippen molar-refractivity contribution in [3.63, 3.8) is 0 Å². The molecule has 3 aromatic rings. The minimum Gasteiger partial charge on any atom is -0.335 e. The number of nitrogens with one attached hydrogen (secondary N) is 4. The maximum absolute atomic E-state index is 12.5. The summed E-state index contributed by atoms with van der Waals surface area (Å²) in [6.45, 7) is 0. The molecule has 1 saturated carbocycles. The lowest BCUT2D eigenvalue weighted by Gasteiger charge is -2.09. The highest BCUT2D eigenvalue weighted by molar-refractivity contribution is 6.11. The third-order valence-electron chi connectivity index (χ3n) is 4.03. The number of benzene rings is 2. The van der Waals surface area contributed by atoms with Crippen molar-refractivity contribution in [3.05, 3.63) is 54.2 Å². The Morgan fingerprint density at radius 3 is 2.44 bits per heavy atom. The zero-order valence-electron chi connectivity index (χ0n) is 13.4. The Bertz CT molecular complexity index is 928. The monoisotopic (exact) mass is 335 g/mol. The zero-order valence-corrected chi connectivity index (χ0v) is 13.4. The molecule has 0 saturated heterocycles. The second-order valence-corrected chi connectivity index (χ2v) is 6.04. The molecule has 126 valence electrons. The Morgan fingerprint density at radius 2 is 1.72 bits per heavy atom. The highest BCUT2D eigenvalue weighted by Crippen LogP contribution is 2.20. The Kier molecular flexibility index (Phi) is 3.81. The summed E-state index contributed by atoms with van der Waals surface area (Å²) in [7, 11) is 0. The molecule has 25 heavy (non-hydrogen) atoms. The van der Waals surface area contributed by atoms with E-state index in [-0.39, 0.29) is 11.9 Å². The van der Waals surface area contributed by atoms with Gasteiger partial charge in [0.2, 0.25) is 0 Å². The molecule has 2 aromatic carbocycles. The van der Waals surface area contributed by atoms with Gasteiger partial charge >= 0.3 is 6.03 Å². The summed E-state index contributed by atoms with van der Waals surface area (Å²) in [5.74, 6) is -0.220. The minimum absolute atomic E-state index is 0.204. The summed E-state index contributed by atoms with van der Waals surface area (Å²) in [6.07, 6.45) is 3.77. The van der Waals surface area contributed by atoms with Crippen LogP contribution in [-0.4, -0.2) is 28.2 Å². The number of nitrogens with zero attached hydrogens (tertiary/aromatic N) is 1. The minimum atomic E-state index is -0.220. The van der Waals surface area contributed by atoms with Crippen LogP contribution in [0.1, 0.15) is 23.2 Å². The Morgan fingerprint density at radius 1 is 1.00 bits per heavy atom. The zero-order chi connectivity index (χ0) is 17.2. The number of H-pyrrole nitrogens is 1. The van der Waals surface area contributed by atoms with Crippen molar-refractivity contribution < 1.29 is 9.59 Å². The molecule has 0 radical (unpaired) electrons. The Hall–Kier alpha value is -3.35. The lowest BCUT2D eigenvalue weighted by atomic mass is 10.1. The van der Waals surface area contributed by atoms with Crippen LogP contribution in [-0.2, 0) is 0 Å². The van der Waals surface area contributed by atoms with Gasteiger partial charge in [-0.1, -0.05) is 12.1 Å². The number of carbonyl (C=O) groups is 2. The van der Waals surface area contributed by atoms with Crippen molar-refractivity contribution in [2.45, 2.75) is 18.9 Å². The normalized spacial score (nSPS) is 13.4. The van der Waals surface area contributed by atoms with Crippen LogP contribution in [0.3, 0.4) is 0 Å². The van der Waals surface area contributed by atoms with Gasteiger partial charge in [0.15, 0.2) is 0 Å². The average molecular weight is 335 g/mol. The van der Waals surface area contributed by atoms with Crippen LogP contribution in [0.4, 0.5) is 16.2 Å². The third kappa shape index (κ3) is 3.45. The van der Waals surface area contributed by atoms with Crippen LogP contribution in [0.25, 0.3) is 10.9 Å². The molecule has 1 fully saturated rings. The highest BCUT2D eigenvalue weighted by atomic mass is 16.2. The van der Waals surface area contributed by atoms with Crippen LogP contribution in [0.15, 0.2) is 48.7 Å². The number of urea groups is 1. The molecule has 0 unspecified atom stereocenters. The summed E-state index contributed by atoms with van der Waals surface area (Å²) < 4.78 is 0. The number of amides is 3. The Labute approximate surface area is 143 Å². The Balaban J connectivity index is 1.42. The van der Waals surface area contributed by atoms with E-state index in [0.29, 0.717) is 28.5 Å². The standard InChI is InChI=1S/C18H17N5O2/c24-17(15-3-1-2-11-10-19-23-16(11)15)20-12-4-6-13(7-5-12)21-18(25)22-14-8-9-14/h1-7,10,14H,8-9H2,(H,19,23)(H,20,24)(H2,21,22,25). The molecular formula is C18H17N5O2. The van der Waals surface area contributed by atoms with E-state index in [1.807, 2.05) is 12.1 Å². The topological polar surface area (TPSA) is 98.9 Å². The predicted molar refractivity (Wildman–Crippen MR) is 95.7 cm³/mol. The summed E-state index contributed by atoms with van der Waals surface area (Å²) in [4.78, 5) is 24.2. The lowest BCUT2D eigenvalue weighted by molar-refractivity contribution is 0.102. The van der Waals surface area contributed by atoms with Gasteiger partial charge in [0.1, 0.15) is 0 Å². The van der Waals surface area contributed by atoms with Gasteiger partial charge in [-0.25, -0.2) is 4.79 Å². The number of aromatic amines is 1. The lowest BCUT2D eigenvalue weighted by Crippen LogP contribution is -2.30. The van der Waals surface area contributed by atoms with Crippen molar-refractivity contribution in [2.75, 3.05) is 10.6 Å². The first-order chi connectivity index (χ1) is 12.2. The first-order valence-corrected chi connectivity index (χ1v) is 8.10. The highest BCUT2D eigenvalue weighted by Gasteiger charge is 2.23. The SMILES string of the molecule is O=C(Nc1ccc(NC(=O)c2cccc3cn[nH]c23)cc1)NC1CC1. The molecule has 1 heterocycles. The second kappa shape index (κ2) is 6.27. The van der Waals surface area contributed by atoms with Crippen LogP contribution < -0.4 is 16.0 Å². The fourth-order valence-electron chi connectivity index (χ4n) is 2.57. The van der Waals surface area contributed by atoms with E-state index < -0.39 is 0 Å². The molecule has 7 nitrogen and oxygen atoms in total. The van der Waals surface area contributed by atoms with Crippen molar-refractivity contribution in [1.29, 1.82) is 0 Å². The van der Waals surface area contributed by atoms with Crippen LogP contribution in [0.5, 0.6) is 0 Å². The predicted octanol–water partition coefficient (Wildman–Crippen LogP) is 3.10. The molecule has 4 N–H and O–H groups in total. The summed E-state index contributed by atoms with van der Waals surface area (Å²) >= 11 is 0. The molecule has 0 bridgehead atoms. The molecule has 7 heteroatoms. The number of hydrogen-bond donors (Lipinski definition) is 4. The van der Waals surface area contributed by atoms with Gasteiger partial charge in [-0.2, -0.15) is 5.10 Å². The number of carbonyl (C=O) groups excluding carboxylic acids is 2. The molecule has 1 aliphatic rings. The van der Waals surface area contributed by atoms with Gasteiger partial charge in [-0.3, -0.25) is 9.89 Å². The van der Waals surface area contributed by atoms with Gasteiger partial charge in [-0.15, -0.1) is 0 Å². The number of fused-ring (bicyclic) bond motifs is 1. The first-order valence-electron chi connectivity index (χ1n) is 8.10. The van der Waals surface area contributed by atoms with Crippen molar-refractivity contribution in [1.82, 2.24) is 15.5 Å². The summed E-state index contributed by atoms with van der Waals surface area (Å²) in [6, 6.07) is 12.6. The van der Waals surface area contributed by atoms with Crippen molar-refractivity contribution >= 4 is 34.2 Å². The number of rotatable bonds is 4. The maximum Gasteiger partial charge on any atom is 0.319 e. The molecule has 1 aromatic heterocycles. The molecule has 3 amide bonds. The van der Waals surface area contributed by atoms with E-state index in [1.165, 1.54) is 0 Å². The van der Waals surface area contributed by atoms with Gasteiger partial charge < -0.3 is 16.0 Å². The van der Waals surface area contributed by atoms with Gasteiger partial charge in [-0.05, 0) is 43.2 Å². The molecule has 0 aliphatic heterocycles. The number of anilines is 2. The summed E-state index contributed by atoms with van der Waals surface area (Å²) in [5.41, 5.74) is 2.55. The average Bonchev–Trinajstić information content (AvgIpc) is 3.28. The van der Waals surface area contributed by atoms with E-state index in [1.54, 1.807) is 36.5 Å². The first kappa shape index (κ1) is 15.2. The summed E-state index contributed by atoms with van der Waals surface area (Å²) in [5, 5.41) is 16.2. The van der Waals surface area contributed by atoms with E-state index in [0.717, 1.165) is 18.2 Å². The largest absolute Gasteiger partial charge is 0.335 e. The van der Waals surface area contributed by atoms with E-state index in [4.69, 9.17) is 0 Å².